The van der Waals surface area contributed by atoms with Crippen molar-refractivity contribution in [1.29, 1.82) is 0 Å². The fraction of sp³-hybridized carbons (Fsp3) is 0.333. The van der Waals surface area contributed by atoms with E-state index >= 15 is 0 Å². The molecule has 0 aromatic heterocycles. The van der Waals surface area contributed by atoms with Gasteiger partial charge in [0.15, 0.2) is 0 Å². The van der Waals surface area contributed by atoms with Crippen LogP contribution < -0.4 is 5.73 Å². The number of nitrogens with zero attached hydrogens (tertiary/aromatic N) is 2. The Bertz CT molecular complexity index is 156. The van der Waals surface area contributed by atoms with Crippen LogP contribution in [0.3, 0.4) is 0 Å². The van der Waals surface area contributed by atoms with E-state index in [1.165, 1.54) is 6.20 Å². The highest BCUT2D eigenvalue weighted by atomic mass is 14.9. The topological polar surface area (TPSA) is 50.7 Å². The first kappa shape index (κ1) is 7.88. The molecule has 2 N–H and O–H groups in total. The van der Waals surface area contributed by atoms with Crippen LogP contribution in [0.4, 0.5) is 0 Å². The van der Waals surface area contributed by atoms with Gasteiger partial charge in [-0.05, 0) is 6.92 Å². The lowest BCUT2D eigenvalue weighted by atomic mass is 10.4. The minimum Gasteiger partial charge on any atom is -0.382 e. The molecule has 0 aromatic carbocycles. The van der Waals surface area contributed by atoms with Gasteiger partial charge in [0, 0.05) is 13.2 Å². The molecule has 0 aliphatic carbocycles. The van der Waals surface area contributed by atoms with Crippen molar-refractivity contribution in [3.63, 3.8) is 0 Å². The molecule has 0 atom stereocenters. The lowest BCUT2D eigenvalue weighted by Gasteiger charge is -1.93. The monoisotopic (exact) mass is 125 g/mol. The molecular formula is C6H11N3. The Kier molecular flexibility index (Phi) is 3.35. The van der Waals surface area contributed by atoms with Gasteiger partial charge in [-0.2, -0.15) is 0 Å². The summed E-state index contributed by atoms with van der Waals surface area (Å²) in [5, 5.41) is 0. The van der Waals surface area contributed by atoms with E-state index in [9.17, 15) is 0 Å². The summed E-state index contributed by atoms with van der Waals surface area (Å²) in [5.74, 6) is 0.424. The summed E-state index contributed by atoms with van der Waals surface area (Å²) in [4.78, 5) is 7.54. The Morgan fingerprint density at radius 2 is 2.22 bits per heavy atom. The van der Waals surface area contributed by atoms with Crippen LogP contribution in [0.25, 0.3) is 0 Å². The van der Waals surface area contributed by atoms with Gasteiger partial charge in [-0.15, -0.1) is 0 Å². The Labute approximate surface area is 55.0 Å². The molecular weight excluding hydrogens is 114 g/mol. The van der Waals surface area contributed by atoms with E-state index in [4.69, 9.17) is 5.73 Å². The second kappa shape index (κ2) is 3.83. The highest BCUT2D eigenvalue weighted by Gasteiger charge is 1.91. The summed E-state index contributed by atoms with van der Waals surface area (Å²) >= 11 is 0. The van der Waals surface area contributed by atoms with Crippen LogP contribution in [0, 0.1) is 0 Å². The number of rotatable bonds is 2. The van der Waals surface area contributed by atoms with E-state index in [-0.39, 0.29) is 0 Å². The van der Waals surface area contributed by atoms with Gasteiger partial charge in [0.2, 0.25) is 0 Å². The molecule has 0 saturated heterocycles. The smallest absolute Gasteiger partial charge is 0.144 e. The zero-order valence-electron chi connectivity index (χ0n) is 5.76. The molecule has 3 nitrogen and oxygen atoms in total. The Morgan fingerprint density at radius 3 is 2.56 bits per heavy atom. The van der Waals surface area contributed by atoms with Crippen LogP contribution in [0.2, 0.25) is 0 Å². The highest BCUT2D eigenvalue weighted by molar-refractivity contribution is 6.40. The average molecular weight is 125 g/mol. The van der Waals surface area contributed by atoms with E-state index in [0.29, 0.717) is 5.84 Å². The molecule has 0 aliphatic heterocycles. The molecule has 50 valence electrons. The number of amidine groups is 1. The number of hydrogen-bond donors (Lipinski definition) is 1. The maximum atomic E-state index is 5.39. The maximum Gasteiger partial charge on any atom is 0.144 e. The molecule has 0 saturated carbocycles. The van der Waals surface area contributed by atoms with E-state index in [1.54, 1.807) is 14.0 Å². The van der Waals surface area contributed by atoms with Crippen molar-refractivity contribution in [3.8, 4) is 0 Å². The van der Waals surface area contributed by atoms with Gasteiger partial charge >= 0.3 is 0 Å². The number of nitrogens with two attached hydrogens (primary N) is 1. The second-order valence-corrected chi connectivity index (χ2v) is 1.51. The first-order valence-electron chi connectivity index (χ1n) is 2.60. The average Bonchev–Trinajstić information content (AvgIpc) is 1.87. The molecule has 0 radical (unpaired) electrons. The summed E-state index contributed by atoms with van der Waals surface area (Å²) in [5.41, 5.74) is 6.12. The second-order valence-electron chi connectivity index (χ2n) is 1.51. The van der Waals surface area contributed by atoms with Crippen molar-refractivity contribution in [1.82, 2.24) is 0 Å². The SMILES string of the molecule is C=CN=C(N)C(C)=NC. The maximum absolute atomic E-state index is 5.39. The van der Waals surface area contributed by atoms with Crippen LogP contribution in [-0.4, -0.2) is 18.6 Å². The van der Waals surface area contributed by atoms with Gasteiger partial charge in [-0.1, -0.05) is 6.58 Å². The summed E-state index contributed by atoms with van der Waals surface area (Å²) in [6.45, 7) is 5.19. The minimum absolute atomic E-state index is 0.424. The molecule has 0 aliphatic rings. The van der Waals surface area contributed by atoms with Gasteiger partial charge in [-0.25, -0.2) is 4.99 Å². The van der Waals surface area contributed by atoms with E-state index in [0.717, 1.165) is 5.71 Å². The summed E-state index contributed by atoms with van der Waals surface area (Å²) in [6, 6.07) is 0. The molecule has 0 spiro atoms. The Balaban J connectivity index is 4.19. The summed E-state index contributed by atoms with van der Waals surface area (Å²) < 4.78 is 0. The zero-order chi connectivity index (χ0) is 7.28. The molecule has 0 rings (SSSR count). The lowest BCUT2D eigenvalue weighted by Crippen LogP contribution is -2.20. The summed E-state index contributed by atoms with van der Waals surface area (Å²) in [7, 11) is 1.67. The normalized spacial score (nSPS) is 13.6. The third kappa shape index (κ3) is 2.64. The third-order valence-electron chi connectivity index (χ3n) is 0.936. The van der Waals surface area contributed by atoms with Crippen molar-refractivity contribution < 1.29 is 0 Å². The fourth-order valence-corrected chi connectivity index (χ4v) is 0.306. The predicted octanol–water partition coefficient (Wildman–Crippen LogP) is 0.578. The Morgan fingerprint density at radius 1 is 1.67 bits per heavy atom. The third-order valence-corrected chi connectivity index (χ3v) is 0.936. The van der Waals surface area contributed by atoms with Gasteiger partial charge in [0.1, 0.15) is 5.84 Å². The van der Waals surface area contributed by atoms with E-state index in [1.807, 2.05) is 0 Å². The first-order valence-corrected chi connectivity index (χ1v) is 2.60. The quantitative estimate of drug-likeness (QED) is 0.426. The highest BCUT2D eigenvalue weighted by Crippen LogP contribution is 1.76. The van der Waals surface area contributed by atoms with Gasteiger partial charge in [-0.3, -0.25) is 4.99 Å². The Hall–Kier alpha value is -1.12. The number of hydrogen-bond acceptors (Lipinski definition) is 2. The van der Waals surface area contributed by atoms with Crippen LogP contribution in [-0.2, 0) is 0 Å². The summed E-state index contributed by atoms with van der Waals surface area (Å²) in [6.07, 6.45) is 1.39. The molecule has 0 unspecified atom stereocenters. The van der Waals surface area contributed by atoms with Gasteiger partial charge in [0.25, 0.3) is 0 Å². The van der Waals surface area contributed by atoms with Crippen molar-refractivity contribution in [2.24, 2.45) is 15.7 Å². The van der Waals surface area contributed by atoms with Crippen LogP contribution in [0.15, 0.2) is 22.8 Å². The van der Waals surface area contributed by atoms with Crippen LogP contribution in [0.5, 0.6) is 0 Å². The molecule has 0 aromatic rings. The standard InChI is InChI=1S/C6H11N3/c1-4-9-6(7)5(2)8-3/h4H,1H2,2-3H3,(H2,7,9). The molecule has 0 amide bonds. The van der Waals surface area contributed by atoms with Crippen molar-refractivity contribution in [3.05, 3.63) is 12.8 Å². The van der Waals surface area contributed by atoms with Crippen LogP contribution in [0.1, 0.15) is 6.92 Å². The molecule has 9 heavy (non-hydrogen) atoms. The largest absolute Gasteiger partial charge is 0.382 e. The minimum atomic E-state index is 0.424. The van der Waals surface area contributed by atoms with Crippen molar-refractivity contribution >= 4 is 11.5 Å². The predicted molar refractivity (Wildman–Crippen MR) is 40.9 cm³/mol. The fourth-order valence-electron chi connectivity index (χ4n) is 0.306. The van der Waals surface area contributed by atoms with E-state index in [2.05, 4.69) is 16.6 Å². The number of aliphatic imine (C=N–C) groups is 2. The zero-order valence-corrected chi connectivity index (χ0v) is 5.76. The van der Waals surface area contributed by atoms with Gasteiger partial charge < -0.3 is 5.73 Å². The molecule has 3 heteroatoms. The molecule has 0 heterocycles. The van der Waals surface area contributed by atoms with Crippen molar-refractivity contribution in [2.75, 3.05) is 7.05 Å². The van der Waals surface area contributed by atoms with Crippen LogP contribution >= 0.6 is 0 Å². The van der Waals surface area contributed by atoms with Crippen molar-refractivity contribution in [2.45, 2.75) is 6.92 Å². The molecule has 0 fully saturated rings. The van der Waals surface area contributed by atoms with Gasteiger partial charge in [0.05, 0.1) is 5.71 Å². The van der Waals surface area contributed by atoms with E-state index < -0.39 is 0 Å². The lowest BCUT2D eigenvalue weighted by molar-refractivity contribution is 1.42. The first-order chi connectivity index (χ1) is 4.22. The molecule has 0 bridgehead atoms.